The highest BCUT2D eigenvalue weighted by atomic mass is 35.5. The zero-order valence-corrected chi connectivity index (χ0v) is 19.0. The molecule has 0 spiro atoms. The molecule has 0 saturated carbocycles. The number of hydrogen-bond donors (Lipinski definition) is 1. The minimum Gasteiger partial charge on any atom is -0.497 e. The second-order valence-corrected chi connectivity index (χ2v) is 8.18. The number of nitrogens with one attached hydrogen (secondary N) is 1. The molecule has 1 aliphatic rings. The van der Waals surface area contributed by atoms with Crippen molar-refractivity contribution in [1.29, 1.82) is 0 Å². The Hall–Kier alpha value is -3.16. The van der Waals surface area contributed by atoms with Crippen molar-refractivity contribution in [2.75, 3.05) is 13.7 Å². The van der Waals surface area contributed by atoms with E-state index in [4.69, 9.17) is 27.9 Å². The van der Waals surface area contributed by atoms with E-state index in [2.05, 4.69) is 15.3 Å². The van der Waals surface area contributed by atoms with Crippen molar-refractivity contribution in [2.24, 2.45) is 0 Å². The predicted octanol–water partition coefficient (Wildman–Crippen LogP) is 4.04. The van der Waals surface area contributed by atoms with E-state index in [1.807, 2.05) is 37.3 Å². The molecule has 0 unspecified atom stereocenters. The number of amides is 2. The Labute approximate surface area is 195 Å². The highest BCUT2D eigenvalue weighted by Gasteiger charge is 2.29. The maximum atomic E-state index is 12.9. The van der Waals surface area contributed by atoms with Crippen LogP contribution in [-0.2, 0) is 17.9 Å². The number of aromatic nitrogens is 2. The second-order valence-electron chi connectivity index (χ2n) is 7.44. The molecular formula is C23H20Cl2N4O3. The Morgan fingerprint density at radius 1 is 1.22 bits per heavy atom. The van der Waals surface area contributed by atoms with Crippen molar-refractivity contribution in [3.63, 3.8) is 0 Å². The summed E-state index contributed by atoms with van der Waals surface area (Å²) in [7, 11) is 1.60. The van der Waals surface area contributed by atoms with Gasteiger partial charge >= 0.3 is 0 Å². The van der Waals surface area contributed by atoms with Gasteiger partial charge in [-0.2, -0.15) is 0 Å². The molecule has 0 radical (unpaired) electrons. The average Bonchev–Trinajstić information content (AvgIpc) is 3.09. The molecule has 2 heterocycles. The van der Waals surface area contributed by atoms with Gasteiger partial charge in [-0.3, -0.25) is 9.59 Å². The lowest BCUT2D eigenvalue weighted by atomic mass is 10.0. The van der Waals surface area contributed by atoms with Gasteiger partial charge in [-0.05, 0) is 53.4 Å². The first-order valence-electron chi connectivity index (χ1n) is 9.86. The van der Waals surface area contributed by atoms with E-state index in [1.54, 1.807) is 13.2 Å². The van der Waals surface area contributed by atoms with Crippen LogP contribution < -0.4 is 10.1 Å². The Morgan fingerprint density at radius 3 is 2.81 bits per heavy atom. The molecule has 2 amide bonds. The Kier molecular flexibility index (Phi) is 6.30. The number of rotatable bonds is 6. The van der Waals surface area contributed by atoms with Gasteiger partial charge in [0.15, 0.2) is 0 Å². The van der Waals surface area contributed by atoms with Crippen LogP contribution in [0.2, 0.25) is 10.3 Å². The molecule has 32 heavy (non-hydrogen) atoms. The van der Waals surface area contributed by atoms with Crippen molar-refractivity contribution in [3.8, 4) is 17.0 Å². The number of aryl methyl sites for hydroxylation is 1. The number of carbonyl (C=O) groups excluding carboxylic acids is 2. The van der Waals surface area contributed by atoms with Gasteiger partial charge in [0.1, 0.15) is 12.3 Å². The van der Waals surface area contributed by atoms with Crippen molar-refractivity contribution in [3.05, 3.63) is 75.2 Å². The molecule has 0 saturated heterocycles. The van der Waals surface area contributed by atoms with Gasteiger partial charge in [-0.15, -0.1) is 0 Å². The van der Waals surface area contributed by atoms with Crippen LogP contribution in [0, 0.1) is 6.92 Å². The molecule has 3 aromatic rings. The van der Waals surface area contributed by atoms with Crippen LogP contribution in [0.5, 0.6) is 5.75 Å². The fraction of sp³-hybridized carbons (Fsp3) is 0.217. The van der Waals surface area contributed by atoms with Gasteiger partial charge in [0, 0.05) is 24.2 Å². The number of carbonyl (C=O) groups is 2. The number of nitrogens with zero attached hydrogens (tertiary/aromatic N) is 3. The molecule has 0 bridgehead atoms. The molecule has 7 nitrogen and oxygen atoms in total. The van der Waals surface area contributed by atoms with E-state index in [0.717, 1.165) is 22.4 Å². The molecule has 1 N–H and O–H groups in total. The molecule has 1 aromatic heterocycles. The lowest BCUT2D eigenvalue weighted by Crippen LogP contribution is -2.37. The summed E-state index contributed by atoms with van der Waals surface area (Å²) < 4.78 is 5.24. The summed E-state index contributed by atoms with van der Waals surface area (Å²) in [5, 5.41) is 3.29. The maximum absolute atomic E-state index is 12.9. The molecular weight excluding hydrogens is 451 g/mol. The van der Waals surface area contributed by atoms with E-state index in [-0.39, 0.29) is 23.6 Å². The monoisotopic (exact) mass is 470 g/mol. The Balaban J connectivity index is 1.44. The summed E-state index contributed by atoms with van der Waals surface area (Å²) in [5.74, 6) is 0.274. The number of methoxy groups -OCH3 is 1. The number of ether oxygens (including phenoxy) is 1. The smallest absolute Gasteiger partial charge is 0.254 e. The highest BCUT2D eigenvalue weighted by Crippen LogP contribution is 2.31. The molecule has 9 heteroatoms. The van der Waals surface area contributed by atoms with Crippen LogP contribution in [0.25, 0.3) is 11.3 Å². The van der Waals surface area contributed by atoms with E-state index in [1.165, 1.54) is 11.1 Å². The van der Waals surface area contributed by atoms with E-state index in [9.17, 15) is 9.59 Å². The minimum atomic E-state index is -0.237. The topological polar surface area (TPSA) is 84.4 Å². The summed E-state index contributed by atoms with van der Waals surface area (Å²) >= 11 is 12.1. The second kappa shape index (κ2) is 9.14. The van der Waals surface area contributed by atoms with Gasteiger partial charge < -0.3 is 15.0 Å². The number of halogens is 2. The summed E-state index contributed by atoms with van der Waals surface area (Å²) in [6.07, 6.45) is 1.42. The number of fused-ring (bicyclic) bond motifs is 1. The third kappa shape index (κ3) is 4.54. The molecule has 1 aliphatic heterocycles. The first kappa shape index (κ1) is 22.0. The van der Waals surface area contributed by atoms with Gasteiger partial charge in [-0.25, -0.2) is 9.97 Å². The van der Waals surface area contributed by atoms with Gasteiger partial charge in [-0.1, -0.05) is 29.8 Å². The van der Waals surface area contributed by atoms with Gasteiger partial charge in [0.2, 0.25) is 11.2 Å². The molecule has 0 fully saturated rings. The van der Waals surface area contributed by atoms with Crippen molar-refractivity contribution < 1.29 is 14.3 Å². The lowest BCUT2D eigenvalue weighted by Gasteiger charge is -2.16. The maximum Gasteiger partial charge on any atom is 0.254 e. The van der Waals surface area contributed by atoms with Crippen LogP contribution in [0.3, 0.4) is 0 Å². The molecule has 0 aliphatic carbocycles. The zero-order valence-electron chi connectivity index (χ0n) is 17.5. The van der Waals surface area contributed by atoms with E-state index < -0.39 is 0 Å². The van der Waals surface area contributed by atoms with Crippen LogP contribution in [0.1, 0.15) is 27.0 Å². The van der Waals surface area contributed by atoms with Crippen molar-refractivity contribution in [2.45, 2.75) is 20.0 Å². The Morgan fingerprint density at radius 2 is 2.03 bits per heavy atom. The van der Waals surface area contributed by atoms with Crippen LogP contribution in [-0.4, -0.2) is 40.3 Å². The quantitative estimate of drug-likeness (QED) is 0.549. The first-order chi connectivity index (χ1) is 15.4. The third-order valence-electron chi connectivity index (χ3n) is 5.34. The lowest BCUT2D eigenvalue weighted by molar-refractivity contribution is -0.122. The van der Waals surface area contributed by atoms with Gasteiger partial charge in [0.25, 0.3) is 5.91 Å². The summed E-state index contributed by atoms with van der Waals surface area (Å²) in [5.41, 5.74) is 4.47. The largest absolute Gasteiger partial charge is 0.497 e. The third-order valence-corrected chi connectivity index (χ3v) is 5.80. The van der Waals surface area contributed by atoms with Crippen LogP contribution in [0.15, 0.2) is 42.6 Å². The van der Waals surface area contributed by atoms with Crippen LogP contribution in [0.4, 0.5) is 0 Å². The molecule has 0 atom stereocenters. The molecule has 2 aromatic carbocycles. The van der Waals surface area contributed by atoms with E-state index >= 15 is 0 Å². The molecule has 4 rings (SSSR count). The number of hydrogen-bond acceptors (Lipinski definition) is 5. The zero-order chi connectivity index (χ0) is 22.8. The fourth-order valence-electron chi connectivity index (χ4n) is 3.57. The van der Waals surface area contributed by atoms with E-state index in [0.29, 0.717) is 34.9 Å². The van der Waals surface area contributed by atoms with Crippen molar-refractivity contribution in [1.82, 2.24) is 20.2 Å². The van der Waals surface area contributed by atoms with Crippen molar-refractivity contribution >= 4 is 35.0 Å². The minimum absolute atomic E-state index is 0.0358. The standard InChI is InChI=1S/C23H20Cl2N4O3/c1-13-3-6-17(32-2)7-16(13)9-26-20(30)12-29-11-15-5-4-14(8-18(15)22(29)31)21-19(24)10-27-23(25)28-21/h3-8,10H,9,11-12H2,1-2H3,(H,26,30). The fourth-order valence-corrected chi connectivity index (χ4v) is 3.91. The normalized spacial score (nSPS) is 12.6. The highest BCUT2D eigenvalue weighted by molar-refractivity contribution is 6.33. The number of benzene rings is 2. The predicted molar refractivity (Wildman–Crippen MR) is 122 cm³/mol. The Bertz CT molecular complexity index is 1220. The average molecular weight is 471 g/mol. The van der Waals surface area contributed by atoms with Crippen LogP contribution >= 0.6 is 23.2 Å². The first-order valence-corrected chi connectivity index (χ1v) is 10.6. The molecule has 164 valence electrons. The summed E-state index contributed by atoms with van der Waals surface area (Å²) in [6.45, 7) is 2.65. The SMILES string of the molecule is COc1ccc(C)c(CNC(=O)CN2Cc3ccc(-c4nc(Cl)ncc4Cl)cc3C2=O)c1. The summed E-state index contributed by atoms with van der Waals surface area (Å²) in [4.78, 5) is 35.0. The summed E-state index contributed by atoms with van der Waals surface area (Å²) in [6, 6.07) is 11.1. The van der Waals surface area contributed by atoms with Gasteiger partial charge in [0.05, 0.1) is 24.0 Å².